The molecule has 3 heteroatoms. The third-order valence-electron chi connectivity index (χ3n) is 3.06. The number of H-pyrrole nitrogens is 1. The zero-order chi connectivity index (χ0) is 9.47. The van der Waals surface area contributed by atoms with E-state index in [-0.39, 0.29) is 5.41 Å². The lowest BCUT2D eigenvalue weighted by Gasteiger charge is -2.36. The van der Waals surface area contributed by atoms with E-state index >= 15 is 0 Å². The highest BCUT2D eigenvalue weighted by atomic mass is 16.1. The van der Waals surface area contributed by atoms with Crippen LogP contribution in [0.15, 0.2) is 0 Å². The number of nitrogens with one attached hydrogen (secondary N) is 1. The first kappa shape index (κ1) is 8.48. The topological polar surface area (TPSA) is 45.8 Å². The van der Waals surface area contributed by atoms with Crippen molar-refractivity contribution in [3.05, 3.63) is 17.2 Å². The summed E-state index contributed by atoms with van der Waals surface area (Å²) >= 11 is 0. The van der Waals surface area contributed by atoms with Crippen LogP contribution in [0.25, 0.3) is 0 Å². The van der Waals surface area contributed by atoms with Crippen molar-refractivity contribution in [1.29, 1.82) is 0 Å². The lowest BCUT2D eigenvalue weighted by molar-refractivity contribution is 0.111. The van der Waals surface area contributed by atoms with Crippen LogP contribution in [-0.2, 0) is 5.41 Å². The highest BCUT2D eigenvalue weighted by Gasteiger charge is 2.36. The molecule has 13 heavy (non-hydrogen) atoms. The Morgan fingerprint density at radius 1 is 1.54 bits per heavy atom. The number of rotatable bonds is 2. The highest BCUT2D eigenvalue weighted by molar-refractivity contribution is 5.73. The first-order valence-electron chi connectivity index (χ1n) is 4.68. The maximum Gasteiger partial charge on any atom is 0.170 e. The van der Waals surface area contributed by atoms with Crippen molar-refractivity contribution in [3.8, 4) is 0 Å². The van der Waals surface area contributed by atoms with Crippen LogP contribution in [-0.4, -0.2) is 16.3 Å². The van der Waals surface area contributed by atoms with Crippen molar-refractivity contribution in [2.75, 3.05) is 0 Å². The summed E-state index contributed by atoms with van der Waals surface area (Å²) in [7, 11) is 0. The Labute approximate surface area is 77.6 Å². The number of aromatic nitrogens is 2. The van der Waals surface area contributed by atoms with Crippen molar-refractivity contribution < 1.29 is 4.79 Å². The van der Waals surface area contributed by atoms with Crippen LogP contribution in [0.4, 0.5) is 0 Å². The van der Waals surface area contributed by atoms with E-state index in [1.54, 1.807) is 0 Å². The lowest BCUT2D eigenvalue weighted by Crippen LogP contribution is -2.31. The largest absolute Gasteiger partial charge is 0.345 e. The molecule has 2 rings (SSSR count). The fourth-order valence-electron chi connectivity index (χ4n) is 1.82. The van der Waals surface area contributed by atoms with Gasteiger partial charge in [-0.25, -0.2) is 4.98 Å². The number of imidazole rings is 1. The number of aldehydes is 1. The van der Waals surface area contributed by atoms with Gasteiger partial charge in [-0.2, -0.15) is 0 Å². The molecular weight excluding hydrogens is 164 g/mol. The Bertz CT molecular complexity index is 337. The summed E-state index contributed by atoms with van der Waals surface area (Å²) in [6.45, 7) is 4.09. The molecule has 0 aliphatic heterocycles. The number of hydrogen-bond donors (Lipinski definition) is 1. The van der Waals surface area contributed by atoms with E-state index in [1.807, 2.05) is 6.92 Å². The summed E-state index contributed by atoms with van der Waals surface area (Å²) in [4.78, 5) is 18.1. The van der Waals surface area contributed by atoms with Crippen molar-refractivity contribution in [3.63, 3.8) is 0 Å². The Balaban J connectivity index is 2.36. The number of aromatic amines is 1. The van der Waals surface area contributed by atoms with Gasteiger partial charge in [0.05, 0.1) is 0 Å². The molecule has 0 aromatic carbocycles. The van der Waals surface area contributed by atoms with E-state index in [0.717, 1.165) is 17.8 Å². The van der Waals surface area contributed by atoms with Gasteiger partial charge in [0.25, 0.3) is 0 Å². The predicted octanol–water partition coefficient (Wildman–Crippen LogP) is 1.97. The Hall–Kier alpha value is -1.12. The lowest BCUT2D eigenvalue weighted by atomic mass is 9.70. The van der Waals surface area contributed by atoms with Crippen molar-refractivity contribution in [2.24, 2.45) is 0 Å². The average Bonchev–Trinajstić information content (AvgIpc) is 2.43. The normalized spacial score (nSPS) is 19.5. The van der Waals surface area contributed by atoms with Gasteiger partial charge in [0.15, 0.2) is 6.29 Å². The fraction of sp³-hybridized carbons (Fsp3) is 0.600. The molecule has 0 amide bonds. The van der Waals surface area contributed by atoms with Crippen LogP contribution in [0.1, 0.15) is 48.2 Å². The van der Waals surface area contributed by atoms with Gasteiger partial charge in [-0.05, 0) is 19.8 Å². The van der Waals surface area contributed by atoms with Gasteiger partial charge in [0.2, 0.25) is 0 Å². The smallest absolute Gasteiger partial charge is 0.170 e. The highest BCUT2D eigenvalue weighted by Crippen LogP contribution is 2.41. The van der Waals surface area contributed by atoms with E-state index in [9.17, 15) is 4.79 Å². The van der Waals surface area contributed by atoms with Gasteiger partial charge in [0.1, 0.15) is 11.5 Å². The first-order valence-corrected chi connectivity index (χ1v) is 4.68. The zero-order valence-electron chi connectivity index (χ0n) is 8.05. The van der Waals surface area contributed by atoms with Gasteiger partial charge in [-0.15, -0.1) is 0 Å². The van der Waals surface area contributed by atoms with Crippen LogP contribution in [0, 0.1) is 6.92 Å². The molecule has 1 aromatic heterocycles. The van der Waals surface area contributed by atoms with Gasteiger partial charge in [-0.1, -0.05) is 13.3 Å². The molecule has 1 aliphatic rings. The number of carbonyl (C=O) groups excluding carboxylic acids is 1. The average molecular weight is 178 g/mol. The standard InChI is InChI=1S/C10H14N2O/c1-7-8(6-13)12-9(11-7)10(2)4-3-5-10/h6H,3-5H2,1-2H3,(H,11,12). The van der Waals surface area contributed by atoms with Crippen molar-refractivity contribution >= 4 is 6.29 Å². The summed E-state index contributed by atoms with van der Waals surface area (Å²) in [6, 6.07) is 0. The van der Waals surface area contributed by atoms with E-state index < -0.39 is 0 Å². The van der Waals surface area contributed by atoms with E-state index in [2.05, 4.69) is 16.9 Å². The second kappa shape index (κ2) is 2.69. The van der Waals surface area contributed by atoms with Crippen LogP contribution >= 0.6 is 0 Å². The van der Waals surface area contributed by atoms with Crippen LogP contribution in [0.5, 0.6) is 0 Å². The van der Waals surface area contributed by atoms with Gasteiger partial charge in [0, 0.05) is 11.1 Å². The first-order chi connectivity index (χ1) is 6.15. The summed E-state index contributed by atoms with van der Waals surface area (Å²) in [6.07, 6.45) is 4.44. The molecule has 1 aliphatic carbocycles. The van der Waals surface area contributed by atoms with E-state index in [4.69, 9.17) is 0 Å². The molecule has 0 unspecified atom stereocenters. The van der Waals surface area contributed by atoms with Crippen molar-refractivity contribution in [2.45, 2.75) is 38.5 Å². The quantitative estimate of drug-likeness (QED) is 0.704. The van der Waals surface area contributed by atoms with Crippen LogP contribution < -0.4 is 0 Å². The molecule has 0 spiro atoms. The van der Waals surface area contributed by atoms with Gasteiger partial charge in [-0.3, -0.25) is 4.79 Å². The molecule has 0 radical (unpaired) electrons. The number of carbonyl (C=O) groups is 1. The zero-order valence-corrected chi connectivity index (χ0v) is 8.05. The van der Waals surface area contributed by atoms with Crippen LogP contribution in [0.2, 0.25) is 0 Å². The second-order valence-corrected chi connectivity index (χ2v) is 4.13. The Morgan fingerprint density at radius 2 is 2.23 bits per heavy atom. The maximum atomic E-state index is 10.6. The summed E-state index contributed by atoms with van der Waals surface area (Å²) in [5.41, 5.74) is 1.65. The molecule has 1 N–H and O–H groups in total. The van der Waals surface area contributed by atoms with Gasteiger partial charge >= 0.3 is 0 Å². The fourth-order valence-corrected chi connectivity index (χ4v) is 1.82. The minimum atomic E-state index is 0.200. The van der Waals surface area contributed by atoms with Crippen LogP contribution in [0.3, 0.4) is 0 Å². The SMILES string of the molecule is Cc1[nH]c(C2(C)CCC2)nc1C=O. The summed E-state index contributed by atoms with van der Waals surface area (Å²) in [5.74, 6) is 0.985. The monoisotopic (exact) mass is 178 g/mol. The summed E-state index contributed by atoms with van der Waals surface area (Å²) in [5, 5.41) is 0. The number of aryl methyl sites for hydroxylation is 1. The minimum Gasteiger partial charge on any atom is -0.345 e. The molecule has 0 saturated heterocycles. The molecule has 1 aromatic rings. The van der Waals surface area contributed by atoms with E-state index in [0.29, 0.717) is 5.69 Å². The molecule has 1 saturated carbocycles. The third kappa shape index (κ3) is 1.19. The molecule has 3 nitrogen and oxygen atoms in total. The maximum absolute atomic E-state index is 10.6. The predicted molar refractivity (Wildman–Crippen MR) is 49.9 cm³/mol. The second-order valence-electron chi connectivity index (χ2n) is 4.13. The van der Waals surface area contributed by atoms with Gasteiger partial charge < -0.3 is 4.98 Å². The molecule has 70 valence electrons. The molecule has 1 heterocycles. The van der Waals surface area contributed by atoms with E-state index in [1.165, 1.54) is 19.3 Å². The number of nitrogens with zero attached hydrogens (tertiary/aromatic N) is 1. The summed E-state index contributed by atoms with van der Waals surface area (Å²) < 4.78 is 0. The molecule has 1 fully saturated rings. The molecule has 0 atom stereocenters. The Morgan fingerprint density at radius 3 is 2.62 bits per heavy atom. The molecular formula is C10H14N2O. The Kier molecular flexibility index (Phi) is 1.75. The molecule has 0 bridgehead atoms. The van der Waals surface area contributed by atoms with Crippen molar-refractivity contribution in [1.82, 2.24) is 9.97 Å². The number of hydrogen-bond acceptors (Lipinski definition) is 2. The minimum absolute atomic E-state index is 0.200. The third-order valence-corrected chi connectivity index (χ3v) is 3.06.